The van der Waals surface area contributed by atoms with Crippen molar-refractivity contribution in [3.8, 4) is 23.0 Å². The number of esters is 1. The maximum Gasteiger partial charge on any atom is 0.350 e. The van der Waals surface area contributed by atoms with Crippen molar-refractivity contribution >= 4 is 39.9 Å². The number of aliphatic hydroxyl groups excluding tert-OH is 1. The van der Waals surface area contributed by atoms with Crippen LogP contribution in [0.25, 0.3) is 5.76 Å². The van der Waals surface area contributed by atoms with Crippen molar-refractivity contribution in [2.45, 2.75) is 33.2 Å². The van der Waals surface area contributed by atoms with E-state index in [1.807, 2.05) is 0 Å². The van der Waals surface area contributed by atoms with E-state index in [9.17, 15) is 19.5 Å². The number of nitrogens with zero attached hydrogens (tertiary/aromatic N) is 2. The number of anilines is 1. The Morgan fingerprint density at radius 2 is 1.91 bits per heavy atom. The van der Waals surface area contributed by atoms with Crippen LogP contribution in [0.3, 0.4) is 0 Å². The number of hydrogen-bond acceptors (Lipinski definition) is 11. The van der Waals surface area contributed by atoms with E-state index in [2.05, 4.69) is 25.4 Å². The van der Waals surface area contributed by atoms with Gasteiger partial charge < -0.3 is 28.8 Å². The van der Waals surface area contributed by atoms with E-state index in [1.165, 1.54) is 18.1 Å². The highest BCUT2D eigenvalue weighted by molar-refractivity contribution is 7.17. The lowest BCUT2D eigenvalue weighted by atomic mass is 9.95. The second-order valence-electron chi connectivity index (χ2n) is 10.8. The molecule has 2 aliphatic rings. The van der Waals surface area contributed by atoms with Gasteiger partial charge in [-0.15, -0.1) is 0 Å². The summed E-state index contributed by atoms with van der Waals surface area (Å²) in [4.78, 5) is 46.0. The molecule has 1 atom stereocenters. The van der Waals surface area contributed by atoms with E-state index in [0.717, 1.165) is 17.8 Å². The summed E-state index contributed by atoms with van der Waals surface area (Å²) in [7, 11) is 1.49. The van der Waals surface area contributed by atoms with Gasteiger partial charge >= 0.3 is 11.9 Å². The third kappa shape index (κ3) is 6.37. The molecule has 1 unspecified atom stereocenters. The molecule has 3 aromatic rings. The summed E-state index contributed by atoms with van der Waals surface area (Å²) in [5.41, 5.74) is 0.857. The molecule has 1 fully saturated rings. The van der Waals surface area contributed by atoms with E-state index in [1.54, 1.807) is 43.3 Å². The van der Waals surface area contributed by atoms with Crippen molar-refractivity contribution in [2.75, 3.05) is 38.4 Å². The number of hydrogen-bond donors (Lipinski definition) is 1. The van der Waals surface area contributed by atoms with E-state index in [0.29, 0.717) is 60.0 Å². The zero-order chi connectivity index (χ0) is 32.2. The Morgan fingerprint density at radius 3 is 2.62 bits per heavy atom. The number of aryl methyl sites for hydroxylation is 1. The lowest BCUT2D eigenvalue weighted by Gasteiger charge is -2.24. The van der Waals surface area contributed by atoms with Crippen LogP contribution in [-0.2, 0) is 14.3 Å². The SMILES string of the molecule is C=CCOC(=O)c1sc(N2C(=O)C(=O)/C(=C(/O)c3ccc4c(c3)OCCO4)C2c2ccc(OCCC(C)C)c(OC)c2)nc1C. The number of benzene rings is 2. The van der Waals surface area contributed by atoms with Crippen LogP contribution in [0.4, 0.5) is 5.13 Å². The van der Waals surface area contributed by atoms with Crippen molar-refractivity contribution < 1.29 is 43.2 Å². The van der Waals surface area contributed by atoms with E-state index >= 15 is 0 Å². The lowest BCUT2D eigenvalue weighted by molar-refractivity contribution is -0.132. The Labute approximate surface area is 264 Å². The maximum absolute atomic E-state index is 13.7. The first-order valence-electron chi connectivity index (χ1n) is 14.4. The molecule has 0 saturated carbocycles. The number of amides is 1. The summed E-state index contributed by atoms with van der Waals surface area (Å²) < 4.78 is 28.0. The third-order valence-corrected chi connectivity index (χ3v) is 8.36. The third-order valence-electron chi connectivity index (χ3n) is 7.23. The molecule has 0 radical (unpaired) electrons. The number of aliphatic hydroxyl groups is 1. The van der Waals surface area contributed by atoms with E-state index in [4.69, 9.17) is 23.7 Å². The first-order chi connectivity index (χ1) is 21.6. The van der Waals surface area contributed by atoms with Crippen LogP contribution in [-0.4, -0.2) is 61.3 Å². The molecule has 2 aromatic carbocycles. The summed E-state index contributed by atoms with van der Waals surface area (Å²) in [6.45, 7) is 10.5. The van der Waals surface area contributed by atoms with Crippen LogP contribution < -0.4 is 23.8 Å². The minimum absolute atomic E-state index is 0.00304. The number of methoxy groups -OCH3 is 1. The summed E-state index contributed by atoms with van der Waals surface area (Å²) in [5, 5.41) is 11.7. The van der Waals surface area contributed by atoms with Gasteiger partial charge in [-0.2, -0.15) is 0 Å². The minimum Gasteiger partial charge on any atom is -0.507 e. The number of Topliss-reactive ketones (excluding diaryl/α,β-unsaturated/α-hetero) is 1. The molecule has 1 saturated heterocycles. The normalized spacial score (nSPS) is 17.0. The van der Waals surface area contributed by atoms with Crippen LogP contribution in [0.2, 0.25) is 0 Å². The van der Waals surface area contributed by atoms with Crippen LogP contribution in [0.5, 0.6) is 23.0 Å². The smallest absolute Gasteiger partial charge is 0.350 e. The van der Waals surface area contributed by atoms with E-state index in [-0.39, 0.29) is 27.8 Å². The van der Waals surface area contributed by atoms with Gasteiger partial charge in [-0.25, -0.2) is 9.78 Å². The number of carbonyl (C=O) groups is 3. The van der Waals surface area contributed by atoms with Crippen LogP contribution in [0, 0.1) is 12.8 Å². The van der Waals surface area contributed by atoms with Crippen LogP contribution >= 0.6 is 11.3 Å². The Hall–Kier alpha value is -4.84. The van der Waals surface area contributed by atoms with Crippen molar-refractivity contribution in [1.29, 1.82) is 0 Å². The van der Waals surface area contributed by atoms with Gasteiger partial charge in [-0.05, 0) is 55.2 Å². The Kier molecular flexibility index (Phi) is 9.43. The summed E-state index contributed by atoms with van der Waals surface area (Å²) in [5.74, 6) is -0.675. The second kappa shape index (κ2) is 13.4. The molecular formula is C33H34N2O9S. The molecule has 1 aromatic heterocycles. The molecule has 2 aliphatic heterocycles. The van der Waals surface area contributed by atoms with Gasteiger partial charge in [0, 0.05) is 5.56 Å². The largest absolute Gasteiger partial charge is 0.507 e. The zero-order valence-electron chi connectivity index (χ0n) is 25.5. The number of carbonyl (C=O) groups excluding carboxylic acids is 3. The maximum atomic E-state index is 13.7. The fourth-order valence-corrected chi connectivity index (χ4v) is 5.93. The molecule has 0 spiro atoms. The number of ether oxygens (including phenoxy) is 5. The van der Waals surface area contributed by atoms with Crippen molar-refractivity contribution in [1.82, 2.24) is 4.98 Å². The van der Waals surface area contributed by atoms with E-state index < -0.39 is 29.5 Å². The molecule has 1 amide bonds. The number of aromatic nitrogens is 1. The molecule has 1 N–H and O–H groups in total. The fourth-order valence-electron chi connectivity index (χ4n) is 4.94. The topological polar surface area (TPSA) is 134 Å². The molecule has 0 bridgehead atoms. The molecular weight excluding hydrogens is 600 g/mol. The number of fused-ring (bicyclic) bond motifs is 1. The van der Waals surface area contributed by atoms with Crippen molar-refractivity contribution in [2.24, 2.45) is 5.92 Å². The van der Waals surface area contributed by atoms with Gasteiger partial charge in [0.25, 0.3) is 5.78 Å². The first kappa shape index (κ1) is 31.6. The first-order valence-corrected chi connectivity index (χ1v) is 15.2. The highest BCUT2D eigenvalue weighted by Crippen LogP contribution is 2.46. The van der Waals surface area contributed by atoms with Gasteiger partial charge in [0.15, 0.2) is 28.1 Å². The monoisotopic (exact) mass is 634 g/mol. The van der Waals surface area contributed by atoms with Gasteiger partial charge in [0.2, 0.25) is 0 Å². The average molecular weight is 635 g/mol. The highest BCUT2D eigenvalue weighted by atomic mass is 32.1. The molecule has 0 aliphatic carbocycles. The number of ketones is 1. The predicted octanol–water partition coefficient (Wildman–Crippen LogP) is 5.63. The summed E-state index contributed by atoms with van der Waals surface area (Å²) in [6.07, 6.45) is 2.27. The lowest BCUT2D eigenvalue weighted by Crippen LogP contribution is -2.29. The standard InChI is InChI=1S/C33H34N2O9S/c1-6-12-44-32(39)30-19(4)34-33(45-30)35-27(20-7-9-22(24(16-20)40-5)41-13-11-18(2)3)26(29(37)31(35)38)28(36)21-8-10-23-25(17-21)43-15-14-42-23/h6-10,16-18,27,36H,1,11-15H2,2-5H3/b28-26+. The second-order valence-corrected chi connectivity index (χ2v) is 11.7. The molecule has 11 nitrogen and oxygen atoms in total. The Bertz CT molecular complexity index is 1680. The zero-order valence-corrected chi connectivity index (χ0v) is 26.3. The number of rotatable bonds is 11. The van der Waals surface area contributed by atoms with Crippen LogP contribution in [0.15, 0.2) is 54.6 Å². The Balaban J connectivity index is 1.64. The van der Waals surface area contributed by atoms with Crippen molar-refractivity contribution in [3.63, 3.8) is 0 Å². The predicted molar refractivity (Wildman–Crippen MR) is 167 cm³/mol. The molecule has 3 heterocycles. The fraction of sp³-hybridized carbons (Fsp3) is 0.333. The molecule has 236 valence electrons. The average Bonchev–Trinajstić information content (AvgIpc) is 3.55. The van der Waals surface area contributed by atoms with Crippen LogP contribution in [0.1, 0.15) is 52.8 Å². The summed E-state index contributed by atoms with van der Waals surface area (Å²) in [6, 6.07) is 8.71. The molecule has 12 heteroatoms. The van der Waals surface area contributed by atoms with Crippen molar-refractivity contribution in [3.05, 3.63) is 76.3 Å². The van der Waals surface area contributed by atoms with Gasteiger partial charge in [-0.1, -0.05) is 43.9 Å². The molecule has 5 rings (SSSR count). The minimum atomic E-state index is -1.13. The molecule has 45 heavy (non-hydrogen) atoms. The van der Waals surface area contributed by atoms with Gasteiger partial charge in [0.1, 0.15) is 30.5 Å². The van der Waals surface area contributed by atoms with Gasteiger partial charge in [0.05, 0.1) is 31.0 Å². The highest BCUT2D eigenvalue weighted by Gasteiger charge is 2.48. The summed E-state index contributed by atoms with van der Waals surface area (Å²) >= 11 is 0.911. The van der Waals surface area contributed by atoms with Gasteiger partial charge in [-0.3, -0.25) is 14.5 Å². The quantitative estimate of drug-likeness (QED) is 0.0931. The Morgan fingerprint density at radius 1 is 1.16 bits per heavy atom. The number of thiazole rings is 1.